The Bertz CT molecular complexity index is 505. The lowest BCUT2D eigenvalue weighted by atomic mass is 10.3. The number of phenolic OH excluding ortho intramolecular Hbond substituents is 1. The van der Waals surface area contributed by atoms with Crippen molar-refractivity contribution in [3.8, 4) is 5.75 Å². The van der Waals surface area contributed by atoms with Gasteiger partial charge in [0.2, 0.25) is 0 Å². The Balaban J connectivity index is 2.05. The zero-order valence-electron chi connectivity index (χ0n) is 9.13. The number of rotatable bonds is 4. The molecule has 0 atom stereocenters. The maximum Gasteiger partial charge on any atom is 0.140 e. The van der Waals surface area contributed by atoms with Crippen LogP contribution in [0.15, 0.2) is 47.4 Å². The molecule has 2 aromatic rings. The van der Waals surface area contributed by atoms with E-state index in [2.05, 4.69) is 10.4 Å². The lowest BCUT2D eigenvalue weighted by molar-refractivity contribution is 0.462. The van der Waals surface area contributed by atoms with Crippen molar-refractivity contribution >= 4 is 17.6 Å². The van der Waals surface area contributed by atoms with Gasteiger partial charge in [0.25, 0.3) is 0 Å². The van der Waals surface area contributed by atoms with E-state index in [0.29, 0.717) is 17.3 Å². The number of hydrogen-bond donors (Lipinski definition) is 3. The van der Waals surface area contributed by atoms with Crippen LogP contribution in [0.4, 0.5) is 5.82 Å². The number of nitrogen functional groups attached to an aromatic ring is 1. The summed E-state index contributed by atoms with van der Waals surface area (Å²) in [7, 11) is 0. The molecule has 2 rings (SSSR count). The summed E-state index contributed by atoms with van der Waals surface area (Å²) in [6.07, 6.45) is 0. The number of hydrazine groups is 1. The Hall–Kier alpha value is -1.72. The fourth-order valence-corrected chi connectivity index (χ4v) is 2.23. The summed E-state index contributed by atoms with van der Waals surface area (Å²) in [5.74, 6) is 6.91. The van der Waals surface area contributed by atoms with Gasteiger partial charge in [-0.05, 0) is 24.3 Å². The summed E-state index contributed by atoms with van der Waals surface area (Å²) < 4.78 is 0. The molecule has 1 heterocycles. The highest BCUT2D eigenvalue weighted by atomic mass is 32.2. The van der Waals surface area contributed by atoms with Gasteiger partial charge in [0.1, 0.15) is 11.6 Å². The van der Waals surface area contributed by atoms with E-state index in [9.17, 15) is 5.11 Å². The van der Waals surface area contributed by atoms with Gasteiger partial charge in [-0.2, -0.15) is 0 Å². The van der Waals surface area contributed by atoms with Crippen molar-refractivity contribution in [2.75, 3.05) is 5.43 Å². The molecule has 0 spiro atoms. The molecule has 0 aliphatic carbocycles. The van der Waals surface area contributed by atoms with Crippen LogP contribution >= 0.6 is 11.8 Å². The van der Waals surface area contributed by atoms with Gasteiger partial charge in [-0.15, -0.1) is 11.8 Å². The van der Waals surface area contributed by atoms with Crippen molar-refractivity contribution in [2.45, 2.75) is 10.6 Å². The molecule has 0 saturated carbocycles. The number of benzene rings is 1. The van der Waals surface area contributed by atoms with E-state index in [4.69, 9.17) is 5.84 Å². The number of anilines is 1. The molecular weight excluding hydrogens is 234 g/mol. The van der Waals surface area contributed by atoms with Gasteiger partial charge in [0.05, 0.1) is 5.69 Å². The van der Waals surface area contributed by atoms with Crippen LogP contribution in [0.1, 0.15) is 5.69 Å². The zero-order chi connectivity index (χ0) is 12.1. The van der Waals surface area contributed by atoms with E-state index in [1.807, 2.05) is 24.3 Å². The van der Waals surface area contributed by atoms with Crippen molar-refractivity contribution in [3.63, 3.8) is 0 Å². The average Bonchev–Trinajstić information content (AvgIpc) is 2.38. The second-order valence-corrected chi connectivity index (χ2v) is 4.43. The number of nitrogens with two attached hydrogens (primary N) is 1. The highest BCUT2D eigenvalue weighted by Crippen LogP contribution is 2.29. The number of nitrogens with zero attached hydrogens (tertiary/aromatic N) is 1. The number of thioether (sulfide) groups is 1. The van der Waals surface area contributed by atoms with Gasteiger partial charge >= 0.3 is 0 Å². The first kappa shape index (κ1) is 11.8. The smallest absolute Gasteiger partial charge is 0.140 e. The van der Waals surface area contributed by atoms with E-state index in [-0.39, 0.29) is 0 Å². The molecule has 0 saturated heterocycles. The van der Waals surface area contributed by atoms with Gasteiger partial charge in [0.15, 0.2) is 0 Å². The van der Waals surface area contributed by atoms with Crippen LogP contribution in [0, 0.1) is 0 Å². The topological polar surface area (TPSA) is 71.2 Å². The van der Waals surface area contributed by atoms with Crippen molar-refractivity contribution in [2.24, 2.45) is 5.84 Å². The summed E-state index contributed by atoms with van der Waals surface area (Å²) in [6.45, 7) is 0. The number of nitrogens with one attached hydrogen (secondary N) is 1. The SMILES string of the molecule is NNc1cccc(CSc2ccccc2O)n1. The van der Waals surface area contributed by atoms with Crippen LogP contribution in [0.5, 0.6) is 5.75 Å². The molecule has 0 amide bonds. The van der Waals surface area contributed by atoms with Crippen LogP contribution in [0.25, 0.3) is 0 Å². The molecule has 4 N–H and O–H groups in total. The summed E-state index contributed by atoms with van der Waals surface area (Å²) >= 11 is 1.54. The third kappa shape index (κ3) is 3.12. The van der Waals surface area contributed by atoms with Gasteiger partial charge in [0, 0.05) is 10.6 Å². The molecule has 1 aromatic carbocycles. The quantitative estimate of drug-likeness (QED) is 0.439. The van der Waals surface area contributed by atoms with Gasteiger partial charge in [-0.3, -0.25) is 0 Å². The molecule has 5 heteroatoms. The van der Waals surface area contributed by atoms with Gasteiger partial charge in [-0.25, -0.2) is 10.8 Å². The first-order chi connectivity index (χ1) is 8.29. The average molecular weight is 247 g/mol. The monoisotopic (exact) mass is 247 g/mol. The molecule has 0 aliphatic heterocycles. The Labute approximate surface area is 104 Å². The second kappa shape index (κ2) is 5.56. The Morgan fingerprint density at radius 3 is 2.76 bits per heavy atom. The van der Waals surface area contributed by atoms with Crippen LogP contribution in [-0.4, -0.2) is 10.1 Å². The van der Waals surface area contributed by atoms with Crippen LogP contribution < -0.4 is 11.3 Å². The predicted octanol–water partition coefficient (Wildman–Crippen LogP) is 2.37. The molecular formula is C12H13N3OS. The highest BCUT2D eigenvalue weighted by Gasteiger charge is 2.02. The van der Waals surface area contributed by atoms with Crippen molar-refractivity contribution in [1.29, 1.82) is 0 Å². The van der Waals surface area contributed by atoms with E-state index in [1.165, 1.54) is 11.8 Å². The van der Waals surface area contributed by atoms with E-state index < -0.39 is 0 Å². The second-order valence-electron chi connectivity index (χ2n) is 3.41. The zero-order valence-corrected chi connectivity index (χ0v) is 9.95. The number of pyridine rings is 1. The van der Waals surface area contributed by atoms with Gasteiger partial charge in [-0.1, -0.05) is 18.2 Å². The van der Waals surface area contributed by atoms with E-state index in [1.54, 1.807) is 18.2 Å². The van der Waals surface area contributed by atoms with Crippen LogP contribution in [0.3, 0.4) is 0 Å². The number of aromatic hydroxyl groups is 1. The fourth-order valence-electron chi connectivity index (χ4n) is 1.37. The number of phenols is 1. The Morgan fingerprint density at radius 1 is 1.18 bits per heavy atom. The third-order valence-corrected chi connectivity index (χ3v) is 3.29. The first-order valence-electron chi connectivity index (χ1n) is 5.13. The predicted molar refractivity (Wildman–Crippen MR) is 69.7 cm³/mol. The fraction of sp³-hybridized carbons (Fsp3) is 0.0833. The molecule has 88 valence electrons. The lowest BCUT2D eigenvalue weighted by Crippen LogP contribution is -2.08. The van der Waals surface area contributed by atoms with Crippen LogP contribution in [-0.2, 0) is 5.75 Å². The largest absolute Gasteiger partial charge is 0.507 e. The standard InChI is InChI=1S/C12H13N3OS/c13-15-12-7-3-4-9(14-12)8-17-11-6-2-1-5-10(11)16/h1-7,16H,8,13H2,(H,14,15). The number of aromatic nitrogens is 1. The van der Waals surface area contributed by atoms with Crippen LogP contribution in [0.2, 0.25) is 0 Å². The van der Waals surface area contributed by atoms with Crippen molar-refractivity contribution < 1.29 is 5.11 Å². The molecule has 17 heavy (non-hydrogen) atoms. The van der Waals surface area contributed by atoms with E-state index >= 15 is 0 Å². The minimum atomic E-state index is 0.297. The molecule has 0 aliphatic rings. The molecule has 0 bridgehead atoms. The molecule has 1 aromatic heterocycles. The van der Waals surface area contributed by atoms with Crippen molar-refractivity contribution in [3.05, 3.63) is 48.2 Å². The summed E-state index contributed by atoms with van der Waals surface area (Å²) in [5.41, 5.74) is 3.42. The third-order valence-electron chi connectivity index (χ3n) is 2.20. The molecule has 0 unspecified atom stereocenters. The molecule has 0 radical (unpaired) electrons. The van der Waals surface area contributed by atoms with Crippen molar-refractivity contribution in [1.82, 2.24) is 4.98 Å². The number of para-hydroxylation sites is 1. The summed E-state index contributed by atoms with van der Waals surface area (Å²) in [6, 6.07) is 12.9. The Kier molecular flexibility index (Phi) is 3.85. The van der Waals surface area contributed by atoms with Gasteiger partial charge < -0.3 is 10.5 Å². The normalized spacial score (nSPS) is 10.2. The summed E-state index contributed by atoms with van der Waals surface area (Å²) in [5, 5.41) is 9.62. The summed E-state index contributed by atoms with van der Waals surface area (Å²) in [4.78, 5) is 5.14. The Morgan fingerprint density at radius 2 is 2.00 bits per heavy atom. The number of hydrogen-bond acceptors (Lipinski definition) is 5. The molecule has 4 nitrogen and oxygen atoms in total. The lowest BCUT2D eigenvalue weighted by Gasteiger charge is -2.05. The maximum atomic E-state index is 9.62. The first-order valence-corrected chi connectivity index (χ1v) is 6.11. The molecule has 0 fully saturated rings. The highest BCUT2D eigenvalue weighted by molar-refractivity contribution is 7.98. The minimum absolute atomic E-state index is 0.297. The van der Waals surface area contributed by atoms with E-state index in [0.717, 1.165) is 10.6 Å². The maximum absolute atomic E-state index is 9.62. The minimum Gasteiger partial charge on any atom is -0.507 e.